The molecule has 2 aliphatic heterocycles. The van der Waals surface area contributed by atoms with Gasteiger partial charge < -0.3 is 25.3 Å². The molecule has 10 nitrogen and oxygen atoms in total. The zero-order valence-corrected chi connectivity index (χ0v) is 21.1. The van der Waals surface area contributed by atoms with Crippen LogP contribution in [0.25, 0.3) is 10.8 Å². The fraction of sp³-hybridized carbons (Fsp3) is 0.407. The van der Waals surface area contributed by atoms with Gasteiger partial charge in [-0.1, -0.05) is 25.1 Å². The molecule has 2 saturated heterocycles. The third kappa shape index (κ3) is 4.58. The number of pyridine rings is 2. The number of aliphatic hydroxyl groups excluding tert-OH is 2. The van der Waals surface area contributed by atoms with Crippen LogP contribution in [-0.4, -0.2) is 73.6 Å². The van der Waals surface area contributed by atoms with E-state index in [0.717, 1.165) is 35.8 Å². The van der Waals surface area contributed by atoms with Crippen molar-refractivity contribution in [2.45, 2.75) is 44.4 Å². The molecule has 37 heavy (non-hydrogen) atoms. The number of nitrogens with zero attached hydrogens (tertiary/aromatic N) is 7. The molecule has 5 heterocycles. The van der Waals surface area contributed by atoms with Gasteiger partial charge in [-0.3, -0.25) is 0 Å². The van der Waals surface area contributed by atoms with Gasteiger partial charge in [0.15, 0.2) is 0 Å². The van der Waals surface area contributed by atoms with Crippen molar-refractivity contribution in [2.75, 3.05) is 41.3 Å². The molecular formula is C27H32N8O2. The van der Waals surface area contributed by atoms with Gasteiger partial charge in [0.25, 0.3) is 0 Å². The van der Waals surface area contributed by atoms with Gasteiger partial charge in [-0.2, -0.15) is 0 Å². The summed E-state index contributed by atoms with van der Waals surface area (Å²) in [7, 11) is 0. The first-order valence-electron chi connectivity index (χ1n) is 12.8. The third-order valence-electron chi connectivity index (χ3n) is 7.44. The Bertz CT molecular complexity index is 1390. The van der Waals surface area contributed by atoms with E-state index in [0.29, 0.717) is 31.5 Å². The van der Waals surface area contributed by atoms with Crippen LogP contribution >= 0.6 is 0 Å². The highest BCUT2D eigenvalue weighted by Crippen LogP contribution is 2.37. The molecule has 0 amide bonds. The summed E-state index contributed by atoms with van der Waals surface area (Å²) in [5, 5.41) is 33.8. The number of hydrogen-bond acceptors (Lipinski definition) is 9. The Kier molecular flexibility index (Phi) is 6.13. The predicted octanol–water partition coefficient (Wildman–Crippen LogP) is 3.08. The summed E-state index contributed by atoms with van der Waals surface area (Å²) >= 11 is 0. The topological polar surface area (TPSA) is 115 Å². The molecule has 1 aromatic carbocycles. The van der Waals surface area contributed by atoms with Crippen molar-refractivity contribution in [1.29, 1.82) is 0 Å². The first-order chi connectivity index (χ1) is 18.0. The summed E-state index contributed by atoms with van der Waals surface area (Å²) in [6.45, 7) is 7.22. The summed E-state index contributed by atoms with van der Waals surface area (Å²) in [6.07, 6.45) is 6.43. The lowest BCUT2D eigenvalue weighted by molar-refractivity contribution is 0.00786. The first kappa shape index (κ1) is 23.6. The van der Waals surface area contributed by atoms with Gasteiger partial charge in [-0.25, -0.2) is 14.6 Å². The molecule has 2 aliphatic rings. The lowest BCUT2D eigenvalue weighted by Gasteiger charge is -2.41. The average molecular weight is 501 g/mol. The van der Waals surface area contributed by atoms with Crippen LogP contribution < -0.4 is 15.1 Å². The molecule has 0 saturated carbocycles. The fourth-order valence-electron chi connectivity index (χ4n) is 5.27. The largest absolute Gasteiger partial charge is 0.390 e. The maximum Gasteiger partial charge on any atom is 0.130 e. The Balaban J connectivity index is 1.26. The molecule has 0 aliphatic carbocycles. The van der Waals surface area contributed by atoms with Crippen molar-refractivity contribution in [3.05, 3.63) is 60.7 Å². The highest BCUT2D eigenvalue weighted by molar-refractivity contribution is 5.98. The molecule has 4 aromatic rings. The molecule has 192 valence electrons. The Morgan fingerprint density at radius 1 is 0.946 bits per heavy atom. The summed E-state index contributed by atoms with van der Waals surface area (Å²) in [6, 6.07) is 10.8. The number of benzene rings is 1. The minimum atomic E-state index is -0.768. The molecule has 10 heteroatoms. The van der Waals surface area contributed by atoms with Gasteiger partial charge in [-0.15, -0.1) is 5.10 Å². The van der Waals surface area contributed by atoms with Gasteiger partial charge in [0, 0.05) is 67.6 Å². The number of aliphatic hydroxyl groups is 2. The number of nitrogens with one attached hydrogen (secondary N) is 1. The van der Waals surface area contributed by atoms with Crippen molar-refractivity contribution in [3.63, 3.8) is 0 Å². The minimum Gasteiger partial charge on any atom is -0.390 e. The summed E-state index contributed by atoms with van der Waals surface area (Å²) < 4.78 is 1.93. The standard InChI is InChI=1S/C27H32N8O2/c1-17(2)20-3-4-23(34-14-19(15-34)35-10-8-30-32-35)22-13-29-26(12-21(20)22)31-18-5-7-28-27(11-18)33-9-6-24(36)25(37)16-33/h3-5,7-8,10-13,17,19,24-25,36-37H,6,9,14-16H2,1-2H3,(H,28,29,31)/t24-,25+/m1/s1. The van der Waals surface area contributed by atoms with Crippen molar-refractivity contribution in [1.82, 2.24) is 25.0 Å². The van der Waals surface area contributed by atoms with Crippen LogP contribution in [0, 0.1) is 0 Å². The molecule has 6 rings (SSSR count). The Morgan fingerprint density at radius 3 is 2.57 bits per heavy atom. The molecule has 0 bridgehead atoms. The number of β-amino-alcohol motifs (C(OH)–C–C–N with tert-alkyl or cyclic N) is 1. The molecule has 0 radical (unpaired) electrons. The number of fused-ring (bicyclic) bond motifs is 1. The SMILES string of the molecule is CC(C)c1ccc(N2CC(n3ccnn3)C2)c2cnc(Nc3ccnc(N4CC[C@@H](O)[C@@H](O)C4)c3)cc12. The number of piperidine rings is 1. The number of anilines is 4. The van der Waals surface area contributed by atoms with Gasteiger partial charge in [0.2, 0.25) is 0 Å². The van der Waals surface area contributed by atoms with E-state index in [9.17, 15) is 10.2 Å². The van der Waals surface area contributed by atoms with Crippen LogP contribution in [0.4, 0.5) is 23.0 Å². The number of rotatable bonds is 6. The van der Waals surface area contributed by atoms with Gasteiger partial charge in [-0.05, 0) is 41.5 Å². The smallest absolute Gasteiger partial charge is 0.130 e. The predicted molar refractivity (Wildman–Crippen MR) is 143 cm³/mol. The van der Waals surface area contributed by atoms with Crippen LogP contribution in [0.5, 0.6) is 0 Å². The Labute approximate surface area is 215 Å². The minimum absolute atomic E-state index is 0.335. The molecule has 3 N–H and O–H groups in total. The zero-order chi connectivity index (χ0) is 25.5. The summed E-state index contributed by atoms with van der Waals surface area (Å²) in [5.74, 6) is 1.91. The molecule has 0 unspecified atom stereocenters. The van der Waals surface area contributed by atoms with E-state index in [4.69, 9.17) is 4.98 Å². The summed E-state index contributed by atoms with van der Waals surface area (Å²) in [4.78, 5) is 13.6. The quantitative estimate of drug-likeness (QED) is 0.367. The highest BCUT2D eigenvalue weighted by Gasteiger charge is 2.30. The van der Waals surface area contributed by atoms with Crippen molar-refractivity contribution in [2.24, 2.45) is 0 Å². The van der Waals surface area contributed by atoms with Gasteiger partial charge in [0.1, 0.15) is 11.6 Å². The maximum absolute atomic E-state index is 10.1. The van der Waals surface area contributed by atoms with Gasteiger partial charge in [0.05, 0.1) is 24.4 Å². The second-order valence-electron chi connectivity index (χ2n) is 10.3. The number of hydrogen-bond donors (Lipinski definition) is 3. The fourth-order valence-corrected chi connectivity index (χ4v) is 5.27. The molecule has 0 spiro atoms. The maximum atomic E-state index is 10.1. The lowest BCUT2D eigenvalue weighted by Crippen LogP contribution is -2.48. The van der Waals surface area contributed by atoms with Crippen LogP contribution in [0.15, 0.2) is 55.1 Å². The van der Waals surface area contributed by atoms with E-state index >= 15 is 0 Å². The van der Waals surface area contributed by atoms with E-state index in [1.165, 1.54) is 16.6 Å². The molecule has 2 atom stereocenters. The van der Waals surface area contributed by atoms with Crippen LogP contribution in [0.1, 0.15) is 37.8 Å². The van der Waals surface area contributed by atoms with Crippen molar-refractivity contribution < 1.29 is 10.2 Å². The van der Waals surface area contributed by atoms with Crippen LogP contribution in [0.2, 0.25) is 0 Å². The third-order valence-corrected chi connectivity index (χ3v) is 7.44. The van der Waals surface area contributed by atoms with E-state index < -0.39 is 12.2 Å². The van der Waals surface area contributed by atoms with Gasteiger partial charge >= 0.3 is 0 Å². The van der Waals surface area contributed by atoms with E-state index in [2.05, 4.69) is 57.6 Å². The Hall–Kier alpha value is -3.76. The number of aromatic nitrogens is 5. The first-order valence-corrected chi connectivity index (χ1v) is 12.8. The normalized spacial score (nSPS) is 20.5. The van der Waals surface area contributed by atoms with E-state index in [1.54, 1.807) is 12.4 Å². The lowest BCUT2D eigenvalue weighted by atomic mass is 9.94. The van der Waals surface area contributed by atoms with E-state index in [-0.39, 0.29) is 0 Å². The molecule has 3 aromatic heterocycles. The monoisotopic (exact) mass is 500 g/mol. The van der Waals surface area contributed by atoms with Crippen LogP contribution in [-0.2, 0) is 0 Å². The van der Waals surface area contributed by atoms with E-state index in [1.807, 2.05) is 34.1 Å². The van der Waals surface area contributed by atoms with Crippen molar-refractivity contribution >= 4 is 33.8 Å². The van der Waals surface area contributed by atoms with Crippen molar-refractivity contribution in [3.8, 4) is 0 Å². The molecule has 2 fully saturated rings. The van der Waals surface area contributed by atoms with Crippen LogP contribution in [0.3, 0.4) is 0 Å². The second-order valence-corrected chi connectivity index (χ2v) is 10.3. The zero-order valence-electron chi connectivity index (χ0n) is 21.1. The Morgan fingerprint density at radius 2 is 1.81 bits per heavy atom. The second kappa shape index (κ2) is 9.60. The summed E-state index contributed by atoms with van der Waals surface area (Å²) in [5.41, 5.74) is 3.35. The average Bonchev–Trinajstić information content (AvgIpc) is 3.39. The highest BCUT2D eigenvalue weighted by atomic mass is 16.3. The molecular weight excluding hydrogens is 468 g/mol.